The lowest BCUT2D eigenvalue weighted by molar-refractivity contribution is -0.138. The van der Waals surface area contributed by atoms with Gasteiger partial charge in [0.05, 0.1) is 12.0 Å². The number of carbonyl (C=O) groups is 2. The Kier molecular flexibility index (Phi) is 6.66. The number of aryl methyl sites for hydroxylation is 1. The average Bonchev–Trinajstić information content (AvgIpc) is 3.39. The molecule has 2 aliphatic heterocycles. The van der Waals surface area contributed by atoms with Crippen LogP contribution in [0.2, 0.25) is 0 Å². The van der Waals surface area contributed by atoms with Gasteiger partial charge in [0.2, 0.25) is 11.8 Å². The molecule has 2 aliphatic rings. The van der Waals surface area contributed by atoms with Crippen LogP contribution >= 0.6 is 0 Å². The highest BCUT2D eigenvalue weighted by Crippen LogP contribution is 2.25. The molecule has 0 saturated carbocycles. The molecular formula is C25H29FN2O3. The number of benzene rings is 2. The van der Waals surface area contributed by atoms with E-state index in [1.807, 2.05) is 37.3 Å². The van der Waals surface area contributed by atoms with Gasteiger partial charge >= 0.3 is 0 Å². The summed E-state index contributed by atoms with van der Waals surface area (Å²) in [5.41, 5.74) is 2.97. The molecule has 4 rings (SSSR count). The highest BCUT2D eigenvalue weighted by atomic mass is 19.1. The van der Waals surface area contributed by atoms with Crippen LogP contribution in [0.15, 0.2) is 48.5 Å². The highest BCUT2D eigenvalue weighted by Gasteiger charge is 2.37. The van der Waals surface area contributed by atoms with Crippen molar-refractivity contribution in [3.05, 3.63) is 71.0 Å². The van der Waals surface area contributed by atoms with Crippen molar-refractivity contribution in [1.82, 2.24) is 9.80 Å². The summed E-state index contributed by atoms with van der Waals surface area (Å²) in [7, 11) is 0. The molecule has 2 amide bonds. The Balaban J connectivity index is 1.45. The normalized spacial score (nSPS) is 21.0. The Labute approximate surface area is 182 Å². The first-order chi connectivity index (χ1) is 15.0. The summed E-state index contributed by atoms with van der Waals surface area (Å²) in [6.07, 6.45) is 2.11. The quantitative estimate of drug-likeness (QED) is 0.681. The van der Waals surface area contributed by atoms with Crippen LogP contribution in [0.1, 0.15) is 36.0 Å². The Morgan fingerprint density at radius 3 is 2.71 bits per heavy atom. The van der Waals surface area contributed by atoms with Crippen LogP contribution < -0.4 is 0 Å². The van der Waals surface area contributed by atoms with E-state index in [9.17, 15) is 14.0 Å². The SMILES string of the molecule is Cc1ccc(CN2CC(C(=O)N(Cc3cccc(F)c3)CC3CCCO3)CC2=O)cc1. The monoisotopic (exact) mass is 424 g/mol. The van der Waals surface area contributed by atoms with E-state index in [1.54, 1.807) is 15.9 Å². The molecule has 0 radical (unpaired) electrons. The molecule has 2 fully saturated rings. The van der Waals surface area contributed by atoms with Crippen LogP contribution in [0, 0.1) is 18.7 Å². The van der Waals surface area contributed by atoms with Crippen molar-refractivity contribution in [3.8, 4) is 0 Å². The van der Waals surface area contributed by atoms with E-state index >= 15 is 0 Å². The Bertz CT molecular complexity index is 925. The summed E-state index contributed by atoms with van der Waals surface area (Å²) in [6, 6.07) is 14.4. The lowest BCUT2D eigenvalue weighted by Crippen LogP contribution is -2.41. The zero-order valence-corrected chi connectivity index (χ0v) is 17.9. The molecule has 6 heteroatoms. The smallest absolute Gasteiger partial charge is 0.228 e. The van der Waals surface area contributed by atoms with Crippen molar-refractivity contribution in [2.24, 2.45) is 5.92 Å². The molecule has 5 nitrogen and oxygen atoms in total. The number of rotatable bonds is 7. The Morgan fingerprint density at radius 1 is 1.19 bits per heavy atom. The minimum atomic E-state index is -0.382. The fourth-order valence-electron chi connectivity index (χ4n) is 4.38. The number of halogens is 1. The van der Waals surface area contributed by atoms with Crippen LogP contribution in [-0.4, -0.2) is 47.4 Å². The Morgan fingerprint density at radius 2 is 2.00 bits per heavy atom. The lowest BCUT2D eigenvalue weighted by atomic mass is 10.1. The van der Waals surface area contributed by atoms with Crippen LogP contribution in [0.3, 0.4) is 0 Å². The van der Waals surface area contributed by atoms with Gasteiger partial charge in [-0.05, 0) is 43.0 Å². The minimum absolute atomic E-state index is 0.00160. The van der Waals surface area contributed by atoms with E-state index < -0.39 is 0 Å². The second-order valence-electron chi connectivity index (χ2n) is 8.64. The van der Waals surface area contributed by atoms with E-state index in [1.165, 1.54) is 17.7 Å². The van der Waals surface area contributed by atoms with Crippen molar-refractivity contribution in [1.29, 1.82) is 0 Å². The fourth-order valence-corrected chi connectivity index (χ4v) is 4.38. The summed E-state index contributed by atoms with van der Waals surface area (Å²) in [5.74, 6) is -0.753. The van der Waals surface area contributed by atoms with Crippen molar-refractivity contribution in [3.63, 3.8) is 0 Å². The van der Waals surface area contributed by atoms with Gasteiger partial charge in [-0.15, -0.1) is 0 Å². The number of hydrogen-bond acceptors (Lipinski definition) is 3. The predicted octanol–water partition coefficient (Wildman–Crippen LogP) is 3.69. The maximum absolute atomic E-state index is 13.7. The van der Waals surface area contributed by atoms with Crippen molar-refractivity contribution < 1.29 is 18.7 Å². The molecule has 2 atom stereocenters. The maximum atomic E-state index is 13.7. The van der Waals surface area contributed by atoms with Gasteiger partial charge in [-0.3, -0.25) is 9.59 Å². The first-order valence-corrected chi connectivity index (χ1v) is 11.0. The number of ether oxygens (including phenoxy) is 1. The first-order valence-electron chi connectivity index (χ1n) is 11.0. The molecule has 2 aromatic rings. The second-order valence-corrected chi connectivity index (χ2v) is 8.64. The number of carbonyl (C=O) groups excluding carboxylic acids is 2. The van der Waals surface area contributed by atoms with E-state index in [2.05, 4.69) is 0 Å². The summed E-state index contributed by atoms with van der Waals surface area (Å²) >= 11 is 0. The average molecular weight is 425 g/mol. The largest absolute Gasteiger partial charge is 0.376 e. The van der Waals surface area contributed by atoms with E-state index in [-0.39, 0.29) is 36.1 Å². The second kappa shape index (κ2) is 9.60. The molecule has 31 heavy (non-hydrogen) atoms. The van der Waals surface area contributed by atoms with Crippen molar-refractivity contribution in [2.75, 3.05) is 19.7 Å². The van der Waals surface area contributed by atoms with Gasteiger partial charge in [0.15, 0.2) is 0 Å². The van der Waals surface area contributed by atoms with E-state index in [4.69, 9.17) is 4.74 Å². The highest BCUT2D eigenvalue weighted by molar-refractivity contribution is 5.89. The van der Waals surface area contributed by atoms with Crippen LogP contribution in [-0.2, 0) is 27.4 Å². The molecule has 0 N–H and O–H groups in total. The zero-order chi connectivity index (χ0) is 21.8. The zero-order valence-electron chi connectivity index (χ0n) is 17.9. The number of nitrogens with zero attached hydrogens (tertiary/aromatic N) is 2. The molecule has 0 bridgehead atoms. The summed E-state index contributed by atoms with van der Waals surface area (Å²) in [4.78, 5) is 29.5. The van der Waals surface area contributed by atoms with Gasteiger partial charge in [0, 0.05) is 39.2 Å². The molecule has 164 valence electrons. The predicted molar refractivity (Wildman–Crippen MR) is 115 cm³/mol. The van der Waals surface area contributed by atoms with Crippen LogP contribution in [0.25, 0.3) is 0 Å². The van der Waals surface area contributed by atoms with Crippen molar-refractivity contribution in [2.45, 2.75) is 45.4 Å². The maximum Gasteiger partial charge on any atom is 0.228 e. The van der Waals surface area contributed by atoms with Gasteiger partial charge in [0.1, 0.15) is 5.82 Å². The van der Waals surface area contributed by atoms with Gasteiger partial charge in [-0.1, -0.05) is 42.0 Å². The molecule has 0 aliphatic carbocycles. The van der Waals surface area contributed by atoms with Gasteiger partial charge in [-0.2, -0.15) is 0 Å². The minimum Gasteiger partial charge on any atom is -0.376 e. The third-order valence-corrected chi connectivity index (χ3v) is 6.08. The van der Waals surface area contributed by atoms with Crippen molar-refractivity contribution >= 4 is 11.8 Å². The van der Waals surface area contributed by atoms with E-state index in [0.29, 0.717) is 32.8 Å². The molecule has 0 aromatic heterocycles. The van der Waals surface area contributed by atoms with Crippen LogP contribution in [0.5, 0.6) is 0 Å². The van der Waals surface area contributed by atoms with Crippen LogP contribution in [0.4, 0.5) is 4.39 Å². The topological polar surface area (TPSA) is 49.9 Å². The molecule has 2 aromatic carbocycles. The molecular weight excluding hydrogens is 395 g/mol. The van der Waals surface area contributed by atoms with E-state index in [0.717, 1.165) is 24.0 Å². The molecule has 2 heterocycles. The third-order valence-electron chi connectivity index (χ3n) is 6.08. The standard InChI is InChI=1S/C25H29FN2O3/c1-18-7-9-19(10-8-18)14-27-16-21(13-24(27)29)25(30)28(17-23-6-3-11-31-23)15-20-4-2-5-22(26)12-20/h2,4-5,7-10,12,21,23H,3,6,11,13-17H2,1H3. The summed E-state index contributed by atoms with van der Waals surface area (Å²) < 4.78 is 19.4. The molecule has 2 unspecified atom stereocenters. The molecule has 2 saturated heterocycles. The number of likely N-dealkylation sites (tertiary alicyclic amines) is 1. The molecule has 0 spiro atoms. The van der Waals surface area contributed by atoms with Gasteiger partial charge in [-0.25, -0.2) is 4.39 Å². The van der Waals surface area contributed by atoms with Gasteiger partial charge < -0.3 is 14.5 Å². The summed E-state index contributed by atoms with van der Waals surface area (Å²) in [6.45, 7) is 4.45. The summed E-state index contributed by atoms with van der Waals surface area (Å²) in [5, 5.41) is 0. The number of amides is 2. The Hall–Kier alpha value is -2.73. The fraction of sp³-hybridized carbons (Fsp3) is 0.440. The third kappa shape index (κ3) is 5.50. The first kappa shape index (κ1) is 21.5. The number of hydrogen-bond donors (Lipinski definition) is 0. The van der Waals surface area contributed by atoms with Gasteiger partial charge in [0.25, 0.3) is 0 Å². The lowest BCUT2D eigenvalue weighted by Gasteiger charge is -2.28.